The second-order valence-corrected chi connectivity index (χ2v) is 4.03. The largest absolute Gasteiger partial charge is 0.439 e. The first-order valence-electron chi connectivity index (χ1n) is 3.85. The number of hydrogen-bond donors (Lipinski definition) is 0. The van der Waals surface area contributed by atoms with Crippen LogP contribution in [0.2, 0.25) is 0 Å². The number of hydrogen-bond acceptors (Lipinski definition) is 3. The molecule has 0 saturated carbocycles. The summed E-state index contributed by atoms with van der Waals surface area (Å²) >= 11 is 9.28. The van der Waals surface area contributed by atoms with Crippen LogP contribution >= 0.6 is 27.7 Å². The first-order valence-corrected chi connectivity index (χ1v) is 4.98. The van der Waals surface area contributed by atoms with Crippen LogP contribution in [0.4, 0.5) is 11.4 Å². The van der Waals surface area contributed by atoms with E-state index < -0.39 is 6.17 Å². The lowest BCUT2D eigenvalue weighted by molar-refractivity contribution is 1.02. The van der Waals surface area contributed by atoms with E-state index in [0.717, 1.165) is 10.2 Å². The Morgan fingerprint density at radius 2 is 2.36 bits per heavy atom. The number of anilines is 1. The Morgan fingerprint density at radius 1 is 1.57 bits per heavy atom. The lowest BCUT2D eigenvalue weighted by atomic mass is 10.2. The topological polar surface area (TPSA) is 43.8 Å². The Kier molecular flexibility index (Phi) is 2.40. The highest BCUT2D eigenvalue weighted by atomic mass is 79.9. The number of fused-ring (bicyclic) bond motifs is 1. The summed E-state index contributed by atoms with van der Waals surface area (Å²) in [6.45, 7) is 0. The van der Waals surface area contributed by atoms with Crippen LogP contribution in [-0.4, -0.2) is 12.4 Å². The van der Waals surface area contributed by atoms with Crippen LogP contribution in [0, 0.1) is 5.39 Å². The van der Waals surface area contributed by atoms with Gasteiger partial charge in [0.1, 0.15) is 6.21 Å². The van der Waals surface area contributed by atoms with Crippen molar-refractivity contribution in [2.45, 2.75) is 6.17 Å². The summed E-state index contributed by atoms with van der Waals surface area (Å²) in [6.07, 6.45) is 0.849. The standard InChI is InChI=1S/C8H5BrClN4/c9-5-1-2-6-7(3-5)14(10)8(13-11)4-12-6/h1-4,8H/q+1. The maximum absolute atomic E-state index is 8.65. The van der Waals surface area contributed by atoms with Crippen molar-refractivity contribution in [1.82, 2.24) is 0 Å². The zero-order valence-electron chi connectivity index (χ0n) is 6.93. The third-order valence-electron chi connectivity index (χ3n) is 1.87. The number of aliphatic imine (C=N–C) groups is 1. The third-order valence-corrected chi connectivity index (χ3v) is 2.74. The van der Waals surface area contributed by atoms with Crippen LogP contribution in [0.3, 0.4) is 0 Å². The zero-order chi connectivity index (χ0) is 10.1. The molecule has 0 aromatic heterocycles. The number of benzene rings is 1. The van der Waals surface area contributed by atoms with Gasteiger partial charge in [-0.3, -0.25) is 0 Å². The molecule has 1 atom stereocenters. The van der Waals surface area contributed by atoms with E-state index in [9.17, 15) is 0 Å². The highest BCUT2D eigenvalue weighted by molar-refractivity contribution is 9.10. The van der Waals surface area contributed by atoms with Crippen molar-refractivity contribution in [1.29, 1.82) is 5.39 Å². The molecular formula is C8H5BrClN4+. The molecule has 2 rings (SSSR count). The van der Waals surface area contributed by atoms with Crippen LogP contribution in [0.25, 0.3) is 4.98 Å². The summed E-state index contributed by atoms with van der Waals surface area (Å²) in [4.78, 5) is 7.20. The molecule has 1 aromatic rings. The highest BCUT2D eigenvalue weighted by Crippen LogP contribution is 2.36. The Labute approximate surface area is 94.1 Å². The molecule has 0 bridgehead atoms. The molecule has 0 fully saturated rings. The predicted octanol–water partition coefficient (Wildman–Crippen LogP) is 3.30. The predicted molar refractivity (Wildman–Crippen MR) is 59.5 cm³/mol. The van der Waals surface area contributed by atoms with Crippen molar-refractivity contribution >= 4 is 45.3 Å². The minimum absolute atomic E-state index is 0.626. The first kappa shape index (κ1) is 9.44. The molecule has 0 saturated heterocycles. The molecule has 4 nitrogen and oxygen atoms in total. The van der Waals surface area contributed by atoms with Gasteiger partial charge >= 0.3 is 6.17 Å². The van der Waals surface area contributed by atoms with E-state index in [1.165, 1.54) is 10.6 Å². The fourth-order valence-corrected chi connectivity index (χ4v) is 1.77. The molecular weight excluding hydrogens is 267 g/mol. The molecule has 0 spiro atoms. The van der Waals surface area contributed by atoms with Gasteiger partial charge in [-0.2, -0.15) is 4.42 Å². The molecule has 1 unspecified atom stereocenters. The Bertz CT molecular complexity index is 439. The number of diazo groups is 1. The second-order valence-electron chi connectivity index (χ2n) is 2.75. The summed E-state index contributed by atoms with van der Waals surface area (Å²) in [6, 6.07) is 5.52. The molecule has 1 heterocycles. The van der Waals surface area contributed by atoms with Gasteiger partial charge in [-0.25, -0.2) is 4.99 Å². The Morgan fingerprint density at radius 3 is 3.07 bits per heavy atom. The highest BCUT2D eigenvalue weighted by Gasteiger charge is 2.31. The van der Waals surface area contributed by atoms with Gasteiger partial charge in [0, 0.05) is 16.2 Å². The van der Waals surface area contributed by atoms with Crippen LogP contribution in [0.1, 0.15) is 0 Å². The summed E-state index contributed by atoms with van der Waals surface area (Å²) in [5.74, 6) is 0. The lowest BCUT2D eigenvalue weighted by Crippen LogP contribution is -2.27. The van der Waals surface area contributed by atoms with Gasteiger partial charge in [0.2, 0.25) is 5.39 Å². The second kappa shape index (κ2) is 3.56. The molecule has 1 aliphatic heterocycles. The van der Waals surface area contributed by atoms with Crippen molar-refractivity contribution in [3.05, 3.63) is 27.6 Å². The van der Waals surface area contributed by atoms with Crippen molar-refractivity contribution in [3.63, 3.8) is 0 Å². The number of rotatable bonds is 0. The van der Waals surface area contributed by atoms with Gasteiger partial charge in [0.05, 0.1) is 11.4 Å². The normalized spacial score (nSPS) is 18.9. The average molecular weight is 273 g/mol. The minimum atomic E-state index is -0.626. The van der Waals surface area contributed by atoms with Crippen molar-refractivity contribution in [2.75, 3.05) is 4.42 Å². The van der Waals surface area contributed by atoms with Gasteiger partial charge in [-0.15, -0.1) is 0 Å². The summed E-state index contributed by atoms with van der Waals surface area (Å²) in [7, 11) is 0. The third kappa shape index (κ3) is 1.47. The molecule has 70 valence electrons. The van der Waals surface area contributed by atoms with Crippen molar-refractivity contribution < 1.29 is 0 Å². The van der Waals surface area contributed by atoms with E-state index in [1.807, 2.05) is 18.2 Å². The average Bonchev–Trinajstić information content (AvgIpc) is 2.20. The molecule has 1 aliphatic rings. The summed E-state index contributed by atoms with van der Waals surface area (Å²) in [5, 5.41) is 8.65. The smallest absolute Gasteiger partial charge is 0.248 e. The molecule has 0 radical (unpaired) electrons. The lowest BCUT2D eigenvalue weighted by Gasteiger charge is -2.17. The fraction of sp³-hybridized carbons (Fsp3) is 0.125. The SMILES string of the molecule is N#[N+]C1C=Nc2ccc(Br)cc2N1Cl. The van der Waals surface area contributed by atoms with E-state index in [0.29, 0.717) is 5.69 Å². The fourth-order valence-electron chi connectivity index (χ4n) is 1.20. The van der Waals surface area contributed by atoms with E-state index in [2.05, 4.69) is 25.9 Å². The zero-order valence-corrected chi connectivity index (χ0v) is 9.27. The van der Waals surface area contributed by atoms with E-state index in [1.54, 1.807) is 0 Å². The monoisotopic (exact) mass is 271 g/mol. The molecule has 14 heavy (non-hydrogen) atoms. The summed E-state index contributed by atoms with van der Waals surface area (Å²) in [5.41, 5.74) is 1.47. The Balaban J connectivity index is 2.52. The number of nitrogens with zero attached hydrogens (tertiary/aromatic N) is 4. The van der Waals surface area contributed by atoms with Gasteiger partial charge in [-0.05, 0) is 18.2 Å². The number of halogens is 2. The van der Waals surface area contributed by atoms with Crippen molar-refractivity contribution in [2.24, 2.45) is 4.99 Å². The quantitative estimate of drug-likeness (QED) is 0.537. The van der Waals surface area contributed by atoms with E-state index >= 15 is 0 Å². The van der Waals surface area contributed by atoms with Crippen LogP contribution < -0.4 is 4.42 Å². The van der Waals surface area contributed by atoms with E-state index in [-0.39, 0.29) is 0 Å². The van der Waals surface area contributed by atoms with Gasteiger partial charge in [0.25, 0.3) is 0 Å². The van der Waals surface area contributed by atoms with Gasteiger partial charge in [0.15, 0.2) is 4.98 Å². The van der Waals surface area contributed by atoms with Crippen LogP contribution in [0.5, 0.6) is 0 Å². The summed E-state index contributed by atoms with van der Waals surface area (Å²) < 4.78 is 2.23. The maximum atomic E-state index is 8.65. The maximum Gasteiger partial charge on any atom is 0.439 e. The van der Waals surface area contributed by atoms with E-state index in [4.69, 9.17) is 17.2 Å². The molecule has 0 amide bonds. The molecule has 6 heteroatoms. The van der Waals surface area contributed by atoms with Crippen LogP contribution in [0.15, 0.2) is 27.7 Å². The van der Waals surface area contributed by atoms with Gasteiger partial charge in [-0.1, -0.05) is 15.9 Å². The minimum Gasteiger partial charge on any atom is -0.248 e. The van der Waals surface area contributed by atoms with Crippen molar-refractivity contribution in [3.8, 4) is 0 Å². The Hall–Kier alpha value is -1.12. The van der Waals surface area contributed by atoms with Crippen LogP contribution in [-0.2, 0) is 0 Å². The van der Waals surface area contributed by atoms with Gasteiger partial charge < -0.3 is 0 Å². The molecule has 0 N–H and O–H groups in total. The molecule has 1 aromatic carbocycles. The molecule has 0 aliphatic carbocycles. The first-order chi connectivity index (χ1) is 6.72.